The van der Waals surface area contributed by atoms with Gasteiger partial charge in [0.1, 0.15) is 11.5 Å². The second-order valence-electron chi connectivity index (χ2n) is 4.99. The van der Waals surface area contributed by atoms with E-state index in [0.717, 1.165) is 49.5 Å². The molecule has 1 saturated heterocycles. The predicted molar refractivity (Wildman–Crippen MR) is 70.6 cm³/mol. The first-order chi connectivity index (χ1) is 8.18. The van der Waals surface area contributed by atoms with Gasteiger partial charge in [-0.05, 0) is 25.2 Å². The summed E-state index contributed by atoms with van der Waals surface area (Å²) in [6, 6.07) is 0. The summed E-state index contributed by atoms with van der Waals surface area (Å²) < 4.78 is 11.2. The summed E-state index contributed by atoms with van der Waals surface area (Å²) >= 11 is -0.533. The Balaban J connectivity index is 1.85. The second-order valence-corrected chi connectivity index (χ2v) is 6.69. The van der Waals surface area contributed by atoms with E-state index in [-0.39, 0.29) is 0 Å². The van der Waals surface area contributed by atoms with Crippen LogP contribution in [0.3, 0.4) is 0 Å². The fraction of sp³-hybridized carbons (Fsp3) is 0.923. The van der Waals surface area contributed by atoms with Gasteiger partial charge in [-0.25, -0.2) is 0 Å². The molecule has 0 atom stereocenters. The molecule has 0 aromatic carbocycles. The summed E-state index contributed by atoms with van der Waals surface area (Å²) in [7, 11) is 0. The number of carbonyl (C=O) groups is 1. The summed E-state index contributed by atoms with van der Waals surface area (Å²) in [5.74, 6) is 1.93. The smallest absolute Gasteiger partial charge is 0.303 e. The molecule has 0 aromatic rings. The molecule has 0 aromatic heterocycles. The normalized spacial score (nSPS) is 24.8. The molecule has 0 unspecified atom stereocenters. The third-order valence-electron chi connectivity index (χ3n) is 3.51. The van der Waals surface area contributed by atoms with E-state index in [1.54, 1.807) is 0 Å². The Kier molecular flexibility index (Phi) is 7.69. The topological polar surface area (TPSA) is 60.4 Å². The number of aliphatic carboxylic acids is 1. The number of hydrogen-bond donors (Lipinski definition) is 1. The van der Waals surface area contributed by atoms with Crippen LogP contribution in [0.5, 0.6) is 0 Å². The van der Waals surface area contributed by atoms with Gasteiger partial charge in [0.05, 0.1) is 0 Å². The van der Waals surface area contributed by atoms with Crippen LogP contribution in [0.4, 0.5) is 0 Å². The van der Waals surface area contributed by atoms with Gasteiger partial charge >= 0.3 is 5.97 Å². The molecule has 0 saturated carbocycles. The van der Waals surface area contributed by atoms with Crippen molar-refractivity contribution in [3.05, 3.63) is 0 Å². The third kappa shape index (κ3) is 7.66. The molecule has 0 amide bonds. The Morgan fingerprint density at radius 3 is 2.35 bits per heavy atom. The van der Waals surface area contributed by atoms with Crippen molar-refractivity contribution in [2.45, 2.75) is 57.8 Å². The molecule has 0 radical (unpaired) electrons. The van der Waals surface area contributed by atoms with E-state index in [9.17, 15) is 9.35 Å². The molecule has 1 fully saturated rings. The highest BCUT2D eigenvalue weighted by Gasteiger charge is 2.20. The van der Waals surface area contributed by atoms with Gasteiger partial charge in [-0.15, -0.1) is 0 Å². The van der Waals surface area contributed by atoms with E-state index in [1.807, 2.05) is 0 Å². The predicted octanol–water partition coefficient (Wildman–Crippen LogP) is 2.96. The Labute approximate surface area is 107 Å². The lowest BCUT2D eigenvalue weighted by molar-refractivity contribution is -0.137. The third-order valence-corrected chi connectivity index (χ3v) is 4.89. The molecule has 100 valence electrons. The average Bonchev–Trinajstić information content (AvgIpc) is 2.30. The van der Waals surface area contributed by atoms with E-state index in [2.05, 4.69) is 0 Å². The van der Waals surface area contributed by atoms with Crippen LogP contribution < -0.4 is 0 Å². The number of hydrogen-bond acceptors (Lipinski definition) is 2. The van der Waals surface area contributed by atoms with Crippen LogP contribution >= 0.6 is 0 Å². The van der Waals surface area contributed by atoms with Gasteiger partial charge in [0.25, 0.3) is 0 Å². The van der Waals surface area contributed by atoms with Crippen molar-refractivity contribution >= 4 is 17.1 Å². The number of carboxylic acid groups (broad SMARTS) is 1. The monoisotopic (exact) mass is 260 g/mol. The molecule has 1 N–H and O–H groups in total. The molecule has 1 aliphatic rings. The Morgan fingerprint density at radius 1 is 1.12 bits per heavy atom. The lowest BCUT2D eigenvalue weighted by Crippen LogP contribution is -2.23. The highest BCUT2D eigenvalue weighted by molar-refractivity contribution is 7.91. The lowest BCUT2D eigenvalue weighted by atomic mass is 9.95. The molecule has 3 nitrogen and oxygen atoms in total. The van der Waals surface area contributed by atoms with E-state index in [4.69, 9.17) is 5.11 Å². The molecule has 4 heteroatoms. The van der Waals surface area contributed by atoms with Crippen molar-refractivity contribution < 1.29 is 14.5 Å². The maximum absolute atomic E-state index is 11.2. The molecule has 0 bridgehead atoms. The minimum Gasteiger partial charge on any atom is -0.616 e. The van der Waals surface area contributed by atoms with Crippen molar-refractivity contribution in [2.75, 3.05) is 11.5 Å². The van der Waals surface area contributed by atoms with Crippen LogP contribution in [0.15, 0.2) is 0 Å². The Bertz CT molecular complexity index is 213. The van der Waals surface area contributed by atoms with E-state index < -0.39 is 17.1 Å². The van der Waals surface area contributed by atoms with Crippen molar-refractivity contribution in [2.24, 2.45) is 5.92 Å². The quantitative estimate of drug-likeness (QED) is 0.539. The summed E-state index contributed by atoms with van der Waals surface area (Å²) in [6.07, 6.45) is 9.37. The molecule has 0 spiro atoms. The number of unbranched alkanes of at least 4 members (excludes halogenated alkanes) is 4. The zero-order chi connectivity index (χ0) is 12.5. The molecular weight excluding hydrogens is 236 g/mol. The van der Waals surface area contributed by atoms with Crippen LogP contribution in [0, 0.1) is 5.92 Å². The summed E-state index contributed by atoms with van der Waals surface area (Å²) in [5, 5.41) is 8.48. The SMILES string of the molecule is O=C(O)CCCCCCCC1CC[S+]([O-])CC1. The minimum absolute atomic E-state index is 0.314. The van der Waals surface area contributed by atoms with Crippen LogP contribution in [0.1, 0.15) is 57.8 Å². The van der Waals surface area contributed by atoms with Gasteiger partial charge in [-0.1, -0.05) is 43.3 Å². The lowest BCUT2D eigenvalue weighted by Gasteiger charge is -2.23. The van der Waals surface area contributed by atoms with Gasteiger partial charge in [0.15, 0.2) is 0 Å². The minimum atomic E-state index is -0.680. The van der Waals surface area contributed by atoms with Gasteiger partial charge < -0.3 is 9.66 Å². The summed E-state index contributed by atoms with van der Waals surface area (Å²) in [4.78, 5) is 10.3. The van der Waals surface area contributed by atoms with E-state index in [0.29, 0.717) is 6.42 Å². The maximum atomic E-state index is 11.2. The fourth-order valence-corrected chi connectivity index (χ4v) is 3.77. The first kappa shape index (κ1) is 14.8. The van der Waals surface area contributed by atoms with Crippen molar-refractivity contribution in [1.29, 1.82) is 0 Å². The van der Waals surface area contributed by atoms with Crippen LogP contribution in [-0.4, -0.2) is 27.1 Å². The largest absolute Gasteiger partial charge is 0.616 e. The molecule has 1 heterocycles. The fourth-order valence-electron chi connectivity index (χ4n) is 2.37. The van der Waals surface area contributed by atoms with Crippen LogP contribution in [0.25, 0.3) is 0 Å². The zero-order valence-corrected chi connectivity index (χ0v) is 11.3. The first-order valence-corrected chi connectivity index (χ1v) is 8.24. The standard InChI is InChI=1S/C13H24O3S/c14-13(15)7-5-3-1-2-4-6-12-8-10-17(16)11-9-12/h12H,1-11H2,(H,14,15). The molecular formula is C13H24O3S. The number of rotatable bonds is 8. The van der Waals surface area contributed by atoms with Crippen LogP contribution in [0.2, 0.25) is 0 Å². The average molecular weight is 260 g/mol. The van der Waals surface area contributed by atoms with E-state index in [1.165, 1.54) is 19.3 Å². The molecule has 17 heavy (non-hydrogen) atoms. The van der Waals surface area contributed by atoms with Gasteiger partial charge in [0, 0.05) is 6.42 Å². The Hall–Kier alpha value is -0.220. The highest BCUT2D eigenvalue weighted by atomic mass is 32.2. The van der Waals surface area contributed by atoms with Crippen LogP contribution in [-0.2, 0) is 16.0 Å². The first-order valence-electron chi connectivity index (χ1n) is 6.75. The van der Waals surface area contributed by atoms with Crippen molar-refractivity contribution in [1.82, 2.24) is 0 Å². The maximum Gasteiger partial charge on any atom is 0.303 e. The van der Waals surface area contributed by atoms with Crippen molar-refractivity contribution in [3.8, 4) is 0 Å². The highest BCUT2D eigenvalue weighted by Crippen LogP contribution is 2.24. The molecule has 1 rings (SSSR count). The molecule has 1 aliphatic heterocycles. The number of carboxylic acids is 1. The van der Waals surface area contributed by atoms with Gasteiger partial charge in [0.2, 0.25) is 0 Å². The summed E-state index contributed by atoms with van der Waals surface area (Å²) in [5.41, 5.74) is 0. The van der Waals surface area contributed by atoms with Crippen molar-refractivity contribution in [3.63, 3.8) is 0 Å². The molecule has 0 aliphatic carbocycles. The second kappa shape index (κ2) is 8.81. The van der Waals surface area contributed by atoms with Gasteiger partial charge in [-0.2, -0.15) is 0 Å². The van der Waals surface area contributed by atoms with Gasteiger partial charge in [-0.3, -0.25) is 4.79 Å². The Morgan fingerprint density at radius 2 is 1.71 bits per heavy atom. The summed E-state index contributed by atoms with van der Waals surface area (Å²) in [6.45, 7) is 0. The van der Waals surface area contributed by atoms with E-state index >= 15 is 0 Å². The zero-order valence-electron chi connectivity index (χ0n) is 10.5.